The number of benzene rings is 1. The van der Waals surface area contributed by atoms with Crippen molar-refractivity contribution in [1.82, 2.24) is 15.0 Å². The summed E-state index contributed by atoms with van der Waals surface area (Å²) in [6, 6.07) is 8.00. The topological polar surface area (TPSA) is 81.8 Å². The number of para-hydroxylation sites is 1. The summed E-state index contributed by atoms with van der Waals surface area (Å²) in [7, 11) is 0. The Hall–Kier alpha value is -2.56. The van der Waals surface area contributed by atoms with Gasteiger partial charge < -0.3 is 15.1 Å². The first-order chi connectivity index (χ1) is 9.71. The zero-order valence-electron chi connectivity index (χ0n) is 10.7. The van der Waals surface area contributed by atoms with Crippen molar-refractivity contribution < 1.29 is 9.90 Å². The highest BCUT2D eigenvalue weighted by molar-refractivity contribution is 5.94. The van der Waals surface area contributed by atoms with Gasteiger partial charge in [-0.1, -0.05) is 18.2 Å². The number of aliphatic carboxylic acids is 1. The monoisotopic (exact) mass is 267 g/mol. The van der Waals surface area contributed by atoms with Crippen molar-refractivity contribution in [3.63, 3.8) is 0 Å². The molecule has 0 saturated heterocycles. The predicted molar refractivity (Wildman–Crippen MR) is 74.4 cm³/mol. The highest BCUT2D eigenvalue weighted by Crippen LogP contribution is 2.47. The molecule has 3 N–H and O–H groups in total. The van der Waals surface area contributed by atoms with Crippen LogP contribution in [-0.2, 0) is 10.2 Å². The molecule has 2 aromatic heterocycles. The SMILES string of the molecule is O=C(O)C1(c2ncc(-c3c[nH]c4ccccc34)[nH]2)CC1. The Labute approximate surface area is 114 Å². The van der Waals surface area contributed by atoms with Crippen LogP contribution in [0.1, 0.15) is 18.7 Å². The number of rotatable bonds is 3. The first-order valence-corrected chi connectivity index (χ1v) is 6.56. The lowest BCUT2D eigenvalue weighted by Crippen LogP contribution is -2.20. The van der Waals surface area contributed by atoms with Gasteiger partial charge in [0.05, 0.1) is 11.9 Å². The van der Waals surface area contributed by atoms with Crippen LogP contribution in [0.15, 0.2) is 36.7 Å². The number of nitrogens with one attached hydrogen (secondary N) is 2. The molecule has 0 spiro atoms. The van der Waals surface area contributed by atoms with Crippen molar-refractivity contribution in [3.8, 4) is 11.3 Å². The van der Waals surface area contributed by atoms with Gasteiger partial charge in [0.15, 0.2) is 0 Å². The average Bonchev–Trinajstić information content (AvgIpc) is 2.95. The maximum absolute atomic E-state index is 11.3. The van der Waals surface area contributed by atoms with E-state index in [4.69, 9.17) is 0 Å². The number of carbonyl (C=O) groups is 1. The number of carboxylic acid groups (broad SMARTS) is 1. The summed E-state index contributed by atoms with van der Waals surface area (Å²) in [5, 5.41) is 10.4. The van der Waals surface area contributed by atoms with E-state index in [0.717, 1.165) is 22.2 Å². The van der Waals surface area contributed by atoms with Crippen molar-refractivity contribution in [2.24, 2.45) is 0 Å². The van der Waals surface area contributed by atoms with Gasteiger partial charge in [-0.25, -0.2) is 4.98 Å². The molecular weight excluding hydrogens is 254 g/mol. The maximum atomic E-state index is 11.3. The minimum atomic E-state index is -0.794. The van der Waals surface area contributed by atoms with E-state index >= 15 is 0 Å². The Morgan fingerprint density at radius 1 is 1.30 bits per heavy atom. The van der Waals surface area contributed by atoms with Gasteiger partial charge in [0.2, 0.25) is 0 Å². The van der Waals surface area contributed by atoms with Crippen LogP contribution in [0, 0.1) is 0 Å². The highest BCUT2D eigenvalue weighted by atomic mass is 16.4. The lowest BCUT2D eigenvalue weighted by atomic mass is 10.1. The number of fused-ring (bicyclic) bond motifs is 1. The van der Waals surface area contributed by atoms with Gasteiger partial charge in [0, 0.05) is 22.7 Å². The first kappa shape index (κ1) is 11.3. The molecule has 0 aliphatic heterocycles. The van der Waals surface area contributed by atoms with Crippen LogP contribution in [0.4, 0.5) is 0 Å². The van der Waals surface area contributed by atoms with E-state index in [0.29, 0.717) is 18.7 Å². The van der Waals surface area contributed by atoms with Gasteiger partial charge in [-0.2, -0.15) is 0 Å². The number of carboxylic acids is 1. The van der Waals surface area contributed by atoms with Crippen LogP contribution in [0.5, 0.6) is 0 Å². The van der Waals surface area contributed by atoms with E-state index in [2.05, 4.69) is 15.0 Å². The van der Waals surface area contributed by atoms with E-state index in [1.807, 2.05) is 30.5 Å². The maximum Gasteiger partial charge on any atom is 0.317 e. The zero-order chi connectivity index (χ0) is 13.7. The van der Waals surface area contributed by atoms with Gasteiger partial charge in [0.1, 0.15) is 11.2 Å². The standard InChI is InChI=1S/C15H13N3O2/c19-14(20)15(5-6-15)13-17-8-12(18-13)10-7-16-11-4-2-1-3-9(10)11/h1-4,7-8,16H,5-6H2,(H,17,18)(H,19,20). The Morgan fingerprint density at radius 3 is 2.85 bits per heavy atom. The van der Waals surface area contributed by atoms with Crippen molar-refractivity contribution in [2.75, 3.05) is 0 Å². The summed E-state index contributed by atoms with van der Waals surface area (Å²) >= 11 is 0. The number of imidazole rings is 1. The lowest BCUT2D eigenvalue weighted by Gasteiger charge is -2.04. The molecule has 0 radical (unpaired) electrons. The Balaban J connectivity index is 1.81. The number of nitrogens with zero attached hydrogens (tertiary/aromatic N) is 1. The van der Waals surface area contributed by atoms with Gasteiger partial charge in [-0.05, 0) is 18.9 Å². The number of aromatic nitrogens is 3. The summed E-state index contributed by atoms with van der Waals surface area (Å²) in [5.41, 5.74) is 2.13. The summed E-state index contributed by atoms with van der Waals surface area (Å²) < 4.78 is 0. The Kier molecular flexibility index (Phi) is 2.10. The molecule has 0 atom stereocenters. The molecular formula is C15H13N3O2. The van der Waals surface area contributed by atoms with Crippen LogP contribution in [-0.4, -0.2) is 26.0 Å². The van der Waals surface area contributed by atoms with Crippen molar-refractivity contribution in [3.05, 3.63) is 42.5 Å². The minimum Gasteiger partial charge on any atom is -0.480 e. The molecule has 3 aromatic rings. The summed E-state index contributed by atoms with van der Waals surface area (Å²) in [6.45, 7) is 0. The van der Waals surface area contributed by atoms with Crippen molar-refractivity contribution in [2.45, 2.75) is 18.3 Å². The molecule has 5 heteroatoms. The number of hydrogen-bond donors (Lipinski definition) is 3. The van der Waals surface area contributed by atoms with Crippen LogP contribution < -0.4 is 0 Å². The number of hydrogen-bond acceptors (Lipinski definition) is 2. The molecule has 100 valence electrons. The molecule has 20 heavy (non-hydrogen) atoms. The van der Waals surface area contributed by atoms with E-state index in [1.54, 1.807) is 6.20 Å². The third-order valence-electron chi connectivity index (χ3n) is 4.07. The zero-order valence-corrected chi connectivity index (χ0v) is 10.7. The molecule has 2 heterocycles. The minimum absolute atomic E-state index is 0.560. The molecule has 1 aliphatic rings. The average molecular weight is 267 g/mol. The van der Waals surface area contributed by atoms with E-state index in [-0.39, 0.29) is 0 Å². The smallest absolute Gasteiger partial charge is 0.317 e. The molecule has 1 saturated carbocycles. The molecule has 1 aromatic carbocycles. The molecule has 0 amide bonds. The van der Waals surface area contributed by atoms with Gasteiger partial charge in [0.25, 0.3) is 0 Å². The highest BCUT2D eigenvalue weighted by Gasteiger charge is 2.54. The molecule has 0 bridgehead atoms. The third kappa shape index (κ3) is 1.43. The Bertz CT molecular complexity index is 811. The molecule has 1 aliphatic carbocycles. The molecule has 4 rings (SSSR count). The molecule has 0 unspecified atom stereocenters. The summed E-state index contributed by atoms with van der Waals surface area (Å²) in [6.07, 6.45) is 4.95. The fourth-order valence-electron chi connectivity index (χ4n) is 2.67. The number of H-pyrrole nitrogens is 2. The second-order valence-electron chi connectivity index (χ2n) is 5.28. The first-order valence-electron chi connectivity index (χ1n) is 6.56. The number of aromatic amines is 2. The van der Waals surface area contributed by atoms with E-state index in [1.165, 1.54) is 0 Å². The fourth-order valence-corrected chi connectivity index (χ4v) is 2.67. The predicted octanol–water partition coefficient (Wildman–Crippen LogP) is 2.67. The summed E-state index contributed by atoms with van der Waals surface area (Å²) in [5.74, 6) is -0.234. The van der Waals surface area contributed by atoms with Gasteiger partial charge in [-0.15, -0.1) is 0 Å². The van der Waals surface area contributed by atoms with Crippen LogP contribution in [0.25, 0.3) is 22.2 Å². The largest absolute Gasteiger partial charge is 0.480 e. The Morgan fingerprint density at radius 2 is 2.10 bits per heavy atom. The van der Waals surface area contributed by atoms with Gasteiger partial charge >= 0.3 is 5.97 Å². The third-order valence-corrected chi connectivity index (χ3v) is 4.07. The van der Waals surface area contributed by atoms with E-state index in [9.17, 15) is 9.90 Å². The van der Waals surface area contributed by atoms with Crippen molar-refractivity contribution >= 4 is 16.9 Å². The second-order valence-corrected chi connectivity index (χ2v) is 5.28. The fraction of sp³-hybridized carbons (Fsp3) is 0.200. The van der Waals surface area contributed by atoms with Crippen LogP contribution >= 0.6 is 0 Å². The molecule has 5 nitrogen and oxygen atoms in total. The van der Waals surface area contributed by atoms with Gasteiger partial charge in [-0.3, -0.25) is 4.79 Å². The quantitative estimate of drug-likeness (QED) is 0.682. The van der Waals surface area contributed by atoms with E-state index < -0.39 is 11.4 Å². The molecule has 1 fully saturated rings. The van der Waals surface area contributed by atoms with Crippen LogP contribution in [0.3, 0.4) is 0 Å². The normalized spacial score (nSPS) is 16.4. The second kappa shape index (κ2) is 3.72. The van der Waals surface area contributed by atoms with Crippen LogP contribution in [0.2, 0.25) is 0 Å². The summed E-state index contributed by atoms with van der Waals surface area (Å²) in [4.78, 5) is 22.0. The lowest BCUT2D eigenvalue weighted by molar-refractivity contribution is -0.140. The van der Waals surface area contributed by atoms with Crippen molar-refractivity contribution in [1.29, 1.82) is 0 Å².